The summed E-state index contributed by atoms with van der Waals surface area (Å²) >= 11 is 1.48. The van der Waals surface area contributed by atoms with Crippen LogP contribution >= 0.6 is 11.5 Å². The lowest BCUT2D eigenvalue weighted by atomic mass is 10.0. The fraction of sp³-hybridized carbons (Fsp3) is 0.667. The van der Waals surface area contributed by atoms with Crippen molar-refractivity contribution >= 4 is 22.5 Å². The molecule has 0 amide bonds. The Morgan fingerprint density at radius 3 is 2.50 bits per heavy atom. The lowest BCUT2D eigenvalue weighted by Crippen LogP contribution is -2.29. The van der Waals surface area contributed by atoms with Crippen LogP contribution < -0.4 is 9.80 Å². The van der Waals surface area contributed by atoms with Gasteiger partial charge in [0.25, 0.3) is 0 Å². The van der Waals surface area contributed by atoms with E-state index in [9.17, 15) is 0 Å². The summed E-state index contributed by atoms with van der Waals surface area (Å²) in [6.45, 7) is 9.64. The zero-order valence-corrected chi connectivity index (χ0v) is 16.8. The van der Waals surface area contributed by atoms with Gasteiger partial charge in [0.1, 0.15) is 12.1 Å². The molecule has 2 aliphatic rings. The van der Waals surface area contributed by atoms with E-state index in [0.29, 0.717) is 17.8 Å². The molecule has 7 nitrogen and oxygen atoms in total. The summed E-state index contributed by atoms with van der Waals surface area (Å²) in [5.41, 5.74) is 1.12. The van der Waals surface area contributed by atoms with Gasteiger partial charge in [-0.2, -0.15) is 4.37 Å². The van der Waals surface area contributed by atoms with E-state index in [4.69, 9.17) is 0 Å². The summed E-state index contributed by atoms with van der Waals surface area (Å²) in [6.07, 6.45) is 1.71. The Labute approximate surface area is 159 Å². The summed E-state index contributed by atoms with van der Waals surface area (Å²) in [4.78, 5) is 20.5. The molecular formula is C18H27N7S. The van der Waals surface area contributed by atoms with Gasteiger partial charge in [-0.05, 0) is 17.8 Å². The number of nitrogens with zero attached hydrogens (tertiary/aromatic N) is 7. The van der Waals surface area contributed by atoms with Crippen molar-refractivity contribution in [2.45, 2.75) is 26.3 Å². The van der Waals surface area contributed by atoms with E-state index < -0.39 is 0 Å². The van der Waals surface area contributed by atoms with Crippen LogP contribution in [0.2, 0.25) is 0 Å². The van der Waals surface area contributed by atoms with Crippen LogP contribution in [0.15, 0.2) is 12.4 Å². The zero-order chi connectivity index (χ0) is 18.3. The molecule has 8 heteroatoms. The first-order valence-corrected chi connectivity index (χ1v) is 10.1. The molecule has 2 unspecified atom stereocenters. The van der Waals surface area contributed by atoms with Crippen LogP contribution in [0, 0.1) is 11.8 Å². The van der Waals surface area contributed by atoms with E-state index >= 15 is 0 Å². The van der Waals surface area contributed by atoms with Gasteiger partial charge < -0.3 is 9.80 Å². The number of likely N-dealkylation sites (tertiary alicyclic amines) is 1. The summed E-state index contributed by atoms with van der Waals surface area (Å²) < 4.78 is 4.50. The van der Waals surface area contributed by atoms with Gasteiger partial charge in [0.15, 0.2) is 5.82 Å². The molecule has 0 spiro atoms. The molecular weight excluding hydrogens is 346 g/mol. The van der Waals surface area contributed by atoms with Crippen LogP contribution in [0.3, 0.4) is 0 Å². The van der Waals surface area contributed by atoms with Crippen molar-refractivity contribution in [2.24, 2.45) is 11.8 Å². The molecule has 2 saturated heterocycles. The van der Waals surface area contributed by atoms with E-state index in [2.05, 4.69) is 49.0 Å². The molecule has 2 atom stereocenters. The summed E-state index contributed by atoms with van der Waals surface area (Å²) in [5.74, 6) is 3.89. The van der Waals surface area contributed by atoms with Crippen molar-refractivity contribution < 1.29 is 0 Å². The molecule has 0 bridgehead atoms. The average molecular weight is 374 g/mol. The summed E-state index contributed by atoms with van der Waals surface area (Å²) in [5, 5.41) is 0.982. The van der Waals surface area contributed by atoms with E-state index in [1.807, 2.05) is 19.0 Å². The third-order valence-electron chi connectivity index (χ3n) is 5.36. The van der Waals surface area contributed by atoms with Crippen molar-refractivity contribution in [3.8, 4) is 0 Å². The second-order valence-electron chi connectivity index (χ2n) is 7.96. The number of fused-ring (bicyclic) bond motifs is 1. The first-order chi connectivity index (χ1) is 12.5. The van der Waals surface area contributed by atoms with Crippen LogP contribution in [-0.2, 0) is 6.54 Å². The number of anilines is 2. The van der Waals surface area contributed by atoms with Gasteiger partial charge in [-0.25, -0.2) is 15.0 Å². The molecule has 0 radical (unpaired) electrons. The molecule has 0 aromatic carbocycles. The highest BCUT2D eigenvalue weighted by molar-refractivity contribution is 7.09. The Morgan fingerprint density at radius 1 is 1.15 bits per heavy atom. The smallest absolute Gasteiger partial charge is 0.204 e. The Hall–Kier alpha value is -1.80. The lowest BCUT2D eigenvalue weighted by Gasteiger charge is -2.22. The molecule has 2 aliphatic heterocycles. The highest BCUT2D eigenvalue weighted by Gasteiger charge is 2.40. The number of aromatic nitrogens is 4. The quantitative estimate of drug-likeness (QED) is 0.795. The Bertz CT molecular complexity index is 746. The van der Waals surface area contributed by atoms with Gasteiger partial charge in [-0.1, -0.05) is 13.8 Å². The molecule has 4 heterocycles. The van der Waals surface area contributed by atoms with Crippen LogP contribution in [-0.4, -0.2) is 64.5 Å². The minimum absolute atomic E-state index is 0.437. The van der Waals surface area contributed by atoms with Crippen LogP contribution in [0.1, 0.15) is 31.3 Å². The maximum absolute atomic E-state index is 4.62. The first-order valence-electron chi connectivity index (χ1n) is 9.28. The van der Waals surface area contributed by atoms with Crippen molar-refractivity contribution in [3.05, 3.63) is 23.9 Å². The summed E-state index contributed by atoms with van der Waals surface area (Å²) in [6, 6.07) is 2.16. The van der Waals surface area contributed by atoms with Gasteiger partial charge in [-0.3, -0.25) is 4.90 Å². The standard InChI is InChI=1S/C18H27N7S/c1-12(2)15-5-17(20-11-19-15)25-8-13-6-24(7-14(13)9-25)10-16-21-18(23(3)4)26-22-16/h5,11-14H,6-10H2,1-4H3. The molecule has 2 fully saturated rings. The Kier molecular flexibility index (Phi) is 4.79. The first kappa shape index (κ1) is 17.6. The van der Waals surface area contributed by atoms with Gasteiger partial charge in [0.2, 0.25) is 5.13 Å². The minimum Gasteiger partial charge on any atom is -0.356 e. The molecule has 0 aliphatic carbocycles. The van der Waals surface area contributed by atoms with Crippen LogP contribution in [0.5, 0.6) is 0 Å². The maximum atomic E-state index is 4.62. The maximum Gasteiger partial charge on any atom is 0.204 e. The van der Waals surface area contributed by atoms with Gasteiger partial charge >= 0.3 is 0 Å². The topological polar surface area (TPSA) is 61.3 Å². The van der Waals surface area contributed by atoms with Gasteiger partial charge in [0, 0.05) is 63.6 Å². The second-order valence-corrected chi connectivity index (χ2v) is 8.69. The largest absolute Gasteiger partial charge is 0.356 e. The number of rotatable bonds is 5. The lowest BCUT2D eigenvalue weighted by molar-refractivity contribution is 0.302. The van der Waals surface area contributed by atoms with E-state index in [1.165, 1.54) is 11.5 Å². The molecule has 2 aromatic heterocycles. The Morgan fingerprint density at radius 2 is 1.88 bits per heavy atom. The highest BCUT2D eigenvalue weighted by Crippen LogP contribution is 2.34. The van der Waals surface area contributed by atoms with Crippen LogP contribution in [0.4, 0.5) is 10.9 Å². The van der Waals surface area contributed by atoms with Crippen LogP contribution in [0.25, 0.3) is 0 Å². The molecule has 2 aromatic rings. The molecule has 26 heavy (non-hydrogen) atoms. The van der Waals surface area contributed by atoms with Gasteiger partial charge in [-0.15, -0.1) is 0 Å². The monoisotopic (exact) mass is 373 g/mol. The van der Waals surface area contributed by atoms with Crippen molar-refractivity contribution in [1.29, 1.82) is 0 Å². The van der Waals surface area contributed by atoms with Gasteiger partial charge in [0.05, 0.1) is 6.54 Å². The van der Waals surface area contributed by atoms with Crippen molar-refractivity contribution in [3.63, 3.8) is 0 Å². The van der Waals surface area contributed by atoms with E-state index in [0.717, 1.165) is 55.2 Å². The third kappa shape index (κ3) is 3.53. The number of hydrogen-bond acceptors (Lipinski definition) is 8. The highest BCUT2D eigenvalue weighted by atomic mass is 32.1. The minimum atomic E-state index is 0.437. The number of hydrogen-bond donors (Lipinski definition) is 0. The fourth-order valence-electron chi connectivity index (χ4n) is 3.95. The predicted octanol–water partition coefficient (Wildman–Crippen LogP) is 2.09. The zero-order valence-electron chi connectivity index (χ0n) is 16.0. The Balaban J connectivity index is 1.36. The molecule has 140 valence electrons. The van der Waals surface area contributed by atoms with E-state index in [1.54, 1.807) is 6.33 Å². The van der Waals surface area contributed by atoms with Crippen molar-refractivity contribution in [2.75, 3.05) is 50.1 Å². The molecule has 4 rings (SSSR count). The van der Waals surface area contributed by atoms with Crippen molar-refractivity contribution in [1.82, 2.24) is 24.2 Å². The van der Waals surface area contributed by atoms with E-state index in [-0.39, 0.29) is 0 Å². The third-order valence-corrected chi connectivity index (χ3v) is 6.28. The normalized spacial score (nSPS) is 23.0. The fourth-order valence-corrected chi connectivity index (χ4v) is 4.54. The molecule has 0 N–H and O–H groups in total. The predicted molar refractivity (Wildman–Crippen MR) is 105 cm³/mol. The average Bonchev–Trinajstić information content (AvgIpc) is 3.30. The SMILES string of the molecule is CC(C)c1cc(N2CC3CN(Cc4nsc(N(C)C)n4)CC3C2)ncn1. The summed E-state index contributed by atoms with van der Waals surface area (Å²) in [7, 11) is 4.02. The molecule has 0 saturated carbocycles. The second kappa shape index (κ2) is 7.08.